The molecule has 4 aromatic rings. The number of hydrogen-bond acceptors (Lipinski definition) is 5. The predicted octanol–water partition coefficient (Wildman–Crippen LogP) is 5.76. The van der Waals surface area contributed by atoms with Crippen LogP contribution >= 0.6 is 45.5 Å². The van der Waals surface area contributed by atoms with Crippen molar-refractivity contribution in [3.8, 4) is 5.69 Å². The van der Waals surface area contributed by atoms with Crippen LogP contribution < -0.4 is 5.32 Å². The molecule has 1 amide bonds. The van der Waals surface area contributed by atoms with Crippen LogP contribution in [0.5, 0.6) is 0 Å². The lowest BCUT2D eigenvalue weighted by Gasteiger charge is -2.09. The highest BCUT2D eigenvalue weighted by Crippen LogP contribution is 2.31. The van der Waals surface area contributed by atoms with Gasteiger partial charge in [-0.3, -0.25) is 4.79 Å². The van der Waals surface area contributed by atoms with Crippen LogP contribution in [0.3, 0.4) is 0 Å². The molecule has 0 unspecified atom stereocenters. The highest BCUT2D eigenvalue weighted by Gasteiger charge is 2.19. The number of carbonyl (C=O) groups is 2. The number of fused-ring (bicyclic) bond motifs is 1. The van der Waals surface area contributed by atoms with Gasteiger partial charge < -0.3 is 10.1 Å². The molecule has 0 fully saturated rings. The molecule has 0 atom stereocenters. The molecule has 0 radical (unpaired) electrons. The van der Waals surface area contributed by atoms with Crippen LogP contribution in [-0.2, 0) is 9.53 Å². The second kappa shape index (κ2) is 8.97. The number of amides is 1. The minimum atomic E-state index is -0.544. The van der Waals surface area contributed by atoms with E-state index in [1.54, 1.807) is 22.9 Å². The molecule has 4 rings (SSSR count). The Morgan fingerprint density at radius 2 is 1.90 bits per heavy atom. The number of aromatic nitrogens is 2. The van der Waals surface area contributed by atoms with Gasteiger partial charge in [-0.2, -0.15) is 5.10 Å². The standard InChI is InChI=1S/C22H17ClIN3O3S/c1-12-9-15(24)5-8-18(12)25-20(28)11-30-22(29)19-10-17-13(2)26-27(21(17)31-19)16-6-3-14(23)4-7-16/h3-10H,11H2,1-2H3,(H,25,28). The van der Waals surface area contributed by atoms with Crippen LogP contribution in [0.2, 0.25) is 5.02 Å². The average Bonchev–Trinajstić information content (AvgIpc) is 3.30. The number of hydrogen-bond donors (Lipinski definition) is 1. The van der Waals surface area contributed by atoms with Crippen molar-refractivity contribution >= 4 is 73.3 Å². The van der Waals surface area contributed by atoms with E-state index >= 15 is 0 Å². The number of esters is 1. The zero-order valence-corrected chi connectivity index (χ0v) is 20.3. The molecule has 158 valence electrons. The van der Waals surface area contributed by atoms with Crippen molar-refractivity contribution in [2.24, 2.45) is 0 Å². The number of benzene rings is 2. The summed E-state index contributed by atoms with van der Waals surface area (Å²) in [6, 6.07) is 14.7. The number of carbonyl (C=O) groups excluding carboxylic acids is 2. The van der Waals surface area contributed by atoms with E-state index in [0.717, 1.165) is 30.7 Å². The third kappa shape index (κ3) is 4.76. The monoisotopic (exact) mass is 565 g/mol. The third-order valence-corrected chi connectivity index (χ3v) is 6.63. The average molecular weight is 566 g/mol. The summed E-state index contributed by atoms with van der Waals surface area (Å²) in [7, 11) is 0. The van der Waals surface area contributed by atoms with Crippen molar-refractivity contribution in [3.05, 3.63) is 73.3 Å². The molecular formula is C22H17ClIN3O3S. The summed E-state index contributed by atoms with van der Waals surface area (Å²) in [5, 5.41) is 8.83. The molecule has 0 spiro atoms. The Morgan fingerprint density at radius 3 is 2.61 bits per heavy atom. The summed E-state index contributed by atoms with van der Waals surface area (Å²) in [4.78, 5) is 26.0. The smallest absolute Gasteiger partial charge is 0.348 e. The van der Waals surface area contributed by atoms with Crippen LogP contribution in [0.25, 0.3) is 15.9 Å². The Labute approximate surface area is 201 Å². The maximum atomic E-state index is 12.5. The Kier molecular flexibility index (Phi) is 6.31. The minimum absolute atomic E-state index is 0.360. The summed E-state index contributed by atoms with van der Waals surface area (Å²) in [5.74, 6) is -0.931. The fourth-order valence-corrected chi connectivity index (χ4v) is 4.91. The van der Waals surface area contributed by atoms with Crippen LogP contribution in [0.4, 0.5) is 5.69 Å². The van der Waals surface area contributed by atoms with Crippen molar-refractivity contribution in [2.75, 3.05) is 11.9 Å². The Bertz CT molecular complexity index is 1300. The number of nitrogens with one attached hydrogen (secondary N) is 1. The van der Waals surface area contributed by atoms with Crippen LogP contribution in [0, 0.1) is 17.4 Å². The Hall–Kier alpha value is -2.43. The molecule has 0 aliphatic rings. The third-order valence-electron chi connectivity index (χ3n) is 4.61. The Morgan fingerprint density at radius 1 is 1.16 bits per heavy atom. The molecule has 31 heavy (non-hydrogen) atoms. The molecular weight excluding hydrogens is 549 g/mol. The van der Waals surface area contributed by atoms with Gasteiger partial charge in [0, 0.05) is 19.7 Å². The van der Waals surface area contributed by atoms with Gasteiger partial charge in [0.15, 0.2) is 6.61 Å². The largest absolute Gasteiger partial charge is 0.451 e. The van der Waals surface area contributed by atoms with E-state index in [2.05, 4.69) is 33.0 Å². The maximum absolute atomic E-state index is 12.5. The summed E-state index contributed by atoms with van der Waals surface area (Å²) in [5.41, 5.74) is 3.28. The molecule has 0 aliphatic carbocycles. The SMILES string of the molecule is Cc1cc(I)ccc1NC(=O)COC(=O)c1cc2c(C)nn(-c3ccc(Cl)cc3)c2s1. The van der Waals surface area contributed by atoms with E-state index in [1.807, 2.05) is 44.2 Å². The lowest BCUT2D eigenvalue weighted by Crippen LogP contribution is -2.21. The maximum Gasteiger partial charge on any atom is 0.348 e. The van der Waals surface area contributed by atoms with Crippen molar-refractivity contribution < 1.29 is 14.3 Å². The molecule has 2 heterocycles. The second-order valence-corrected chi connectivity index (χ2v) is 9.60. The lowest BCUT2D eigenvalue weighted by molar-refractivity contribution is -0.119. The number of rotatable bonds is 5. The van der Waals surface area contributed by atoms with E-state index in [9.17, 15) is 9.59 Å². The Balaban J connectivity index is 1.47. The molecule has 1 N–H and O–H groups in total. The normalized spacial score (nSPS) is 11.0. The predicted molar refractivity (Wildman–Crippen MR) is 132 cm³/mol. The molecule has 2 aromatic carbocycles. The first-order chi connectivity index (χ1) is 14.8. The first kappa shape index (κ1) is 21.8. The molecule has 0 saturated carbocycles. The van der Waals surface area contributed by atoms with Gasteiger partial charge in [0.1, 0.15) is 9.71 Å². The van der Waals surface area contributed by atoms with E-state index in [1.165, 1.54) is 11.3 Å². The van der Waals surface area contributed by atoms with E-state index in [4.69, 9.17) is 16.3 Å². The summed E-state index contributed by atoms with van der Waals surface area (Å²) < 4.78 is 8.09. The molecule has 0 saturated heterocycles. The van der Waals surface area contributed by atoms with Gasteiger partial charge in [-0.1, -0.05) is 11.6 Å². The highest BCUT2D eigenvalue weighted by molar-refractivity contribution is 14.1. The number of ether oxygens (including phenoxy) is 1. The topological polar surface area (TPSA) is 73.2 Å². The highest BCUT2D eigenvalue weighted by atomic mass is 127. The molecule has 0 aliphatic heterocycles. The zero-order chi connectivity index (χ0) is 22.1. The van der Waals surface area contributed by atoms with Crippen LogP contribution in [-0.4, -0.2) is 28.3 Å². The van der Waals surface area contributed by atoms with Gasteiger partial charge in [-0.05, 0) is 90.5 Å². The first-order valence-corrected chi connectivity index (χ1v) is 11.6. The van der Waals surface area contributed by atoms with Crippen LogP contribution in [0.15, 0.2) is 48.5 Å². The summed E-state index contributed by atoms with van der Waals surface area (Å²) >= 11 is 9.46. The second-order valence-electron chi connectivity index (χ2n) is 6.89. The van der Waals surface area contributed by atoms with Gasteiger partial charge in [-0.15, -0.1) is 11.3 Å². The lowest BCUT2D eigenvalue weighted by atomic mass is 10.2. The number of anilines is 1. The number of nitrogens with zero attached hydrogens (tertiary/aromatic N) is 2. The van der Waals surface area contributed by atoms with Crippen LogP contribution in [0.1, 0.15) is 20.9 Å². The minimum Gasteiger partial charge on any atom is -0.451 e. The summed E-state index contributed by atoms with van der Waals surface area (Å²) in [6.07, 6.45) is 0. The molecule has 9 heteroatoms. The van der Waals surface area contributed by atoms with Crippen molar-refractivity contribution in [1.29, 1.82) is 0 Å². The van der Waals surface area contributed by atoms with Gasteiger partial charge >= 0.3 is 5.97 Å². The molecule has 0 bridgehead atoms. The number of aryl methyl sites for hydroxylation is 2. The van der Waals surface area contributed by atoms with Gasteiger partial charge in [0.05, 0.1) is 11.4 Å². The quantitative estimate of drug-likeness (QED) is 0.247. The van der Waals surface area contributed by atoms with Crippen molar-refractivity contribution in [2.45, 2.75) is 13.8 Å². The van der Waals surface area contributed by atoms with Gasteiger partial charge in [-0.25, -0.2) is 9.48 Å². The number of thiophene rings is 1. The number of halogens is 2. The van der Waals surface area contributed by atoms with E-state index in [0.29, 0.717) is 15.6 Å². The fourth-order valence-electron chi connectivity index (χ4n) is 3.06. The van der Waals surface area contributed by atoms with Gasteiger partial charge in [0.25, 0.3) is 5.91 Å². The van der Waals surface area contributed by atoms with E-state index in [-0.39, 0.29) is 12.5 Å². The van der Waals surface area contributed by atoms with Gasteiger partial charge in [0.2, 0.25) is 0 Å². The zero-order valence-electron chi connectivity index (χ0n) is 16.6. The molecule has 6 nitrogen and oxygen atoms in total. The van der Waals surface area contributed by atoms with Crippen molar-refractivity contribution in [1.82, 2.24) is 9.78 Å². The fraction of sp³-hybridized carbons (Fsp3) is 0.136. The molecule has 2 aromatic heterocycles. The first-order valence-electron chi connectivity index (χ1n) is 9.30. The van der Waals surface area contributed by atoms with E-state index < -0.39 is 5.97 Å². The van der Waals surface area contributed by atoms with Crippen molar-refractivity contribution in [3.63, 3.8) is 0 Å². The summed E-state index contributed by atoms with van der Waals surface area (Å²) in [6.45, 7) is 3.43.